The number of hydrogen-bond donors (Lipinski definition) is 2. The van der Waals surface area contributed by atoms with Crippen molar-refractivity contribution in [3.05, 3.63) is 24.3 Å². The summed E-state index contributed by atoms with van der Waals surface area (Å²) in [4.78, 5) is 0. The molecule has 2 aromatic rings. The van der Waals surface area contributed by atoms with Gasteiger partial charge in [-0.1, -0.05) is 26.0 Å². The number of fused-ring (bicyclic) bond motifs is 1. The average molecular weight is 284 g/mol. The first-order chi connectivity index (χ1) is 8.95. The Bertz CT molecular complexity index is 665. The number of hydrogen-bond acceptors (Lipinski definition) is 5. The monoisotopic (exact) mass is 284 g/mol. The first-order valence-corrected chi connectivity index (χ1v) is 7.34. The lowest BCUT2D eigenvalue weighted by Gasteiger charge is -2.19. The molecule has 1 heterocycles. The van der Waals surface area contributed by atoms with E-state index in [1.807, 2.05) is 13.8 Å². The van der Waals surface area contributed by atoms with Gasteiger partial charge in [-0.3, -0.25) is 0 Å². The molecule has 0 spiro atoms. The van der Waals surface area contributed by atoms with Gasteiger partial charge in [0.25, 0.3) is 0 Å². The van der Waals surface area contributed by atoms with Crippen LogP contribution in [-0.2, 0) is 10.2 Å². The van der Waals surface area contributed by atoms with E-state index >= 15 is 0 Å². The van der Waals surface area contributed by atoms with E-state index in [1.165, 1.54) is 0 Å². The van der Waals surface area contributed by atoms with Gasteiger partial charge in [0.15, 0.2) is 0 Å². The summed E-state index contributed by atoms with van der Waals surface area (Å²) in [5.74, 6) is -0.0328. The van der Waals surface area contributed by atoms with Crippen molar-refractivity contribution in [2.45, 2.75) is 19.9 Å². The molecule has 1 atom stereocenters. The molecule has 1 aromatic carbocycles. The summed E-state index contributed by atoms with van der Waals surface area (Å²) in [7, 11) is -3.87. The second-order valence-corrected chi connectivity index (χ2v) is 6.11. The topological polar surface area (TPSA) is 97.1 Å². The van der Waals surface area contributed by atoms with Crippen LogP contribution in [0.2, 0.25) is 0 Å². The maximum atomic E-state index is 12.2. The molecule has 0 bridgehead atoms. The van der Waals surface area contributed by atoms with Gasteiger partial charge >= 0.3 is 10.2 Å². The molecule has 8 heteroatoms. The van der Waals surface area contributed by atoms with Gasteiger partial charge in [-0.05, 0) is 23.3 Å². The average Bonchev–Trinajstić information content (AvgIpc) is 2.80. The molecule has 1 aromatic heterocycles. The van der Waals surface area contributed by atoms with Gasteiger partial charge in [0.2, 0.25) is 0 Å². The summed E-state index contributed by atoms with van der Waals surface area (Å²) in [5.41, 5.74) is 0.897. The largest absolute Gasteiger partial charge is 0.395 e. The van der Waals surface area contributed by atoms with E-state index in [0.29, 0.717) is 11.0 Å². The molecule has 104 valence electrons. The van der Waals surface area contributed by atoms with Crippen LogP contribution in [-0.4, -0.2) is 40.6 Å². The highest BCUT2D eigenvalue weighted by atomic mass is 32.2. The number of aliphatic hydroxyl groups excluding tert-OH is 1. The fourth-order valence-corrected chi connectivity index (χ4v) is 3.03. The number of para-hydroxylation sites is 1. The molecule has 0 fully saturated rings. The Hall–Kier alpha value is -1.51. The van der Waals surface area contributed by atoms with E-state index in [0.717, 1.165) is 4.09 Å². The summed E-state index contributed by atoms with van der Waals surface area (Å²) in [5, 5.41) is 16.6. The molecule has 0 amide bonds. The van der Waals surface area contributed by atoms with Gasteiger partial charge in [0.05, 0.1) is 6.61 Å². The second kappa shape index (κ2) is 5.24. The fraction of sp³-hybridized carbons (Fsp3) is 0.455. The molecule has 7 nitrogen and oxygen atoms in total. The number of nitrogens with one attached hydrogen (secondary N) is 1. The van der Waals surface area contributed by atoms with Crippen LogP contribution >= 0.6 is 0 Å². The number of benzene rings is 1. The van der Waals surface area contributed by atoms with Gasteiger partial charge in [0, 0.05) is 6.04 Å². The van der Waals surface area contributed by atoms with Crippen LogP contribution in [0.5, 0.6) is 0 Å². The minimum Gasteiger partial charge on any atom is -0.395 e. The van der Waals surface area contributed by atoms with Crippen LogP contribution in [0.4, 0.5) is 0 Å². The van der Waals surface area contributed by atoms with Crippen molar-refractivity contribution >= 4 is 21.2 Å². The molecule has 0 radical (unpaired) electrons. The summed E-state index contributed by atoms with van der Waals surface area (Å²) < 4.78 is 27.7. The summed E-state index contributed by atoms with van der Waals surface area (Å²) in [6, 6.07) is 6.21. The zero-order valence-electron chi connectivity index (χ0n) is 10.7. The second-order valence-electron chi connectivity index (χ2n) is 4.58. The molecular weight excluding hydrogens is 268 g/mol. The number of rotatable bonds is 5. The highest BCUT2D eigenvalue weighted by Gasteiger charge is 2.24. The third kappa shape index (κ3) is 2.75. The molecular formula is C11H16N4O3S. The quantitative estimate of drug-likeness (QED) is 0.813. The van der Waals surface area contributed by atoms with Crippen LogP contribution in [0, 0.1) is 5.92 Å². The van der Waals surface area contributed by atoms with E-state index in [2.05, 4.69) is 15.0 Å². The molecule has 19 heavy (non-hydrogen) atoms. The van der Waals surface area contributed by atoms with Crippen molar-refractivity contribution in [2.24, 2.45) is 5.92 Å². The van der Waals surface area contributed by atoms with Crippen LogP contribution in [0.3, 0.4) is 0 Å². The number of aliphatic hydroxyl groups is 1. The Kier molecular flexibility index (Phi) is 3.83. The Morgan fingerprint density at radius 1 is 1.37 bits per heavy atom. The lowest BCUT2D eigenvalue weighted by Crippen LogP contribution is -2.43. The molecule has 0 aliphatic rings. The van der Waals surface area contributed by atoms with E-state index < -0.39 is 16.3 Å². The van der Waals surface area contributed by atoms with Crippen LogP contribution in [0.1, 0.15) is 13.8 Å². The summed E-state index contributed by atoms with van der Waals surface area (Å²) in [6.07, 6.45) is 0. The lowest BCUT2D eigenvalue weighted by molar-refractivity contribution is 0.227. The summed E-state index contributed by atoms with van der Waals surface area (Å²) in [6.45, 7) is 3.37. The minimum absolute atomic E-state index is 0.0328. The van der Waals surface area contributed by atoms with Gasteiger partial charge in [0.1, 0.15) is 11.0 Å². The SMILES string of the molecule is CC(C)[C@@H](CO)NS(=O)(=O)n1nnc2ccccc21. The van der Waals surface area contributed by atoms with E-state index in [-0.39, 0.29) is 12.5 Å². The number of aromatic nitrogens is 3. The van der Waals surface area contributed by atoms with E-state index in [4.69, 9.17) is 0 Å². The number of nitrogens with zero attached hydrogens (tertiary/aromatic N) is 3. The normalized spacial score (nSPS) is 14.1. The van der Waals surface area contributed by atoms with Crippen LogP contribution in [0.25, 0.3) is 11.0 Å². The standard InChI is InChI=1S/C11H16N4O3S/c1-8(2)10(7-16)13-19(17,18)15-11-6-4-3-5-9(11)12-14-15/h3-6,8,10,13,16H,7H2,1-2H3/t10-/m1/s1. The zero-order valence-corrected chi connectivity index (χ0v) is 11.5. The van der Waals surface area contributed by atoms with Crippen LogP contribution < -0.4 is 4.72 Å². The van der Waals surface area contributed by atoms with Crippen molar-refractivity contribution in [1.29, 1.82) is 0 Å². The third-order valence-corrected chi connectivity index (χ3v) is 4.18. The van der Waals surface area contributed by atoms with Crippen molar-refractivity contribution in [1.82, 2.24) is 19.1 Å². The first-order valence-electron chi connectivity index (χ1n) is 5.90. The van der Waals surface area contributed by atoms with Gasteiger partial charge < -0.3 is 5.11 Å². The zero-order chi connectivity index (χ0) is 14.0. The molecule has 2 N–H and O–H groups in total. The molecule has 0 aliphatic heterocycles. The maximum absolute atomic E-state index is 12.2. The smallest absolute Gasteiger partial charge is 0.322 e. The molecule has 0 unspecified atom stereocenters. The summed E-state index contributed by atoms with van der Waals surface area (Å²) >= 11 is 0. The molecule has 0 aliphatic carbocycles. The maximum Gasteiger partial charge on any atom is 0.322 e. The Morgan fingerprint density at radius 3 is 2.68 bits per heavy atom. The van der Waals surface area contributed by atoms with Crippen molar-refractivity contribution in [2.75, 3.05) is 6.61 Å². The van der Waals surface area contributed by atoms with E-state index in [1.54, 1.807) is 24.3 Å². The highest BCUT2D eigenvalue weighted by molar-refractivity contribution is 7.88. The predicted molar refractivity (Wildman–Crippen MR) is 70.7 cm³/mol. The molecule has 2 rings (SSSR count). The highest BCUT2D eigenvalue weighted by Crippen LogP contribution is 2.12. The van der Waals surface area contributed by atoms with Crippen molar-refractivity contribution in [3.63, 3.8) is 0 Å². The predicted octanol–water partition coefficient (Wildman–Crippen LogP) is 0.131. The van der Waals surface area contributed by atoms with Crippen molar-refractivity contribution in [3.8, 4) is 0 Å². The fourth-order valence-electron chi connectivity index (χ4n) is 1.65. The van der Waals surface area contributed by atoms with E-state index in [9.17, 15) is 13.5 Å². The van der Waals surface area contributed by atoms with Gasteiger partial charge in [-0.2, -0.15) is 13.1 Å². The van der Waals surface area contributed by atoms with Crippen molar-refractivity contribution < 1.29 is 13.5 Å². The Labute approximate surface area is 111 Å². The first kappa shape index (κ1) is 13.9. The van der Waals surface area contributed by atoms with Gasteiger partial charge in [-0.15, -0.1) is 9.19 Å². The Morgan fingerprint density at radius 2 is 2.05 bits per heavy atom. The lowest BCUT2D eigenvalue weighted by atomic mass is 10.1. The van der Waals surface area contributed by atoms with Gasteiger partial charge in [-0.25, -0.2) is 0 Å². The van der Waals surface area contributed by atoms with Crippen LogP contribution in [0.15, 0.2) is 24.3 Å². The molecule has 0 saturated carbocycles. The minimum atomic E-state index is -3.87. The Balaban J connectivity index is 2.39. The molecule has 0 saturated heterocycles. The third-order valence-electron chi connectivity index (χ3n) is 2.85.